The Kier molecular flexibility index (Phi) is 4.70. The molecule has 1 rings (SSSR count). The van der Waals surface area contributed by atoms with E-state index in [-0.39, 0.29) is 5.97 Å². The molecule has 3 heteroatoms. The van der Waals surface area contributed by atoms with Crippen molar-refractivity contribution in [3.05, 3.63) is 35.4 Å². The van der Waals surface area contributed by atoms with Gasteiger partial charge >= 0.3 is 5.97 Å². The molecule has 0 spiro atoms. The van der Waals surface area contributed by atoms with Crippen LogP contribution < -0.4 is 5.32 Å². The molecule has 0 atom stereocenters. The summed E-state index contributed by atoms with van der Waals surface area (Å²) in [6, 6.07) is 8.25. The van der Waals surface area contributed by atoms with Crippen molar-refractivity contribution in [2.24, 2.45) is 0 Å². The number of hydrogen-bond donors (Lipinski definition) is 1. The molecule has 0 amide bonds. The first-order valence-corrected chi connectivity index (χ1v) is 5.93. The van der Waals surface area contributed by atoms with Crippen molar-refractivity contribution >= 4 is 5.97 Å². The lowest BCUT2D eigenvalue weighted by atomic mass is 10.1. The van der Waals surface area contributed by atoms with Gasteiger partial charge in [0.05, 0.1) is 6.61 Å². The molecule has 0 aliphatic rings. The normalized spacial score (nSPS) is 11.3. The number of carbonyl (C=O) groups excluding carboxylic acids is 1. The molecule has 1 N–H and O–H groups in total. The summed E-state index contributed by atoms with van der Waals surface area (Å²) in [5.74, 6) is -0.216. The first kappa shape index (κ1) is 13.7. The van der Waals surface area contributed by atoms with E-state index >= 15 is 0 Å². The Morgan fingerprint density at radius 2 is 1.88 bits per heavy atom. The van der Waals surface area contributed by atoms with E-state index in [4.69, 9.17) is 4.74 Å². The van der Waals surface area contributed by atoms with E-state index in [1.54, 1.807) is 0 Å². The fourth-order valence-electron chi connectivity index (χ4n) is 1.41. The summed E-state index contributed by atoms with van der Waals surface area (Å²) in [7, 11) is 0. The fraction of sp³-hybridized carbons (Fsp3) is 0.500. The van der Waals surface area contributed by atoms with Crippen molar-refractivity contribution in [2.45, 2.75) is 39.8 Å². The molecule has 0 heterocycles. The lowest BCUT2D eigenvalue weighted by Gasteiger charge is -2.23. The smallest absolute Gasteiger partial charge is 0.325 e. The summed E-state index contributed by atoms with van der Waals surface area (Å²) in [5, 5.41) is 3.20. The van der Waals surface area contributed by atoms with Gasteiger partial charge in [0, 0.05) is 6.54 Å². The van der Waals surface area contributed by atoms with Gasteiger partial charge in [-0.25, -0.2) is 0 Å². The Balaban J connectivity index is 2.54. The van der Waals surface area contributed by atoms with E-state index in [2.05, 4.69) is 36.5 Å². The molecule has 0 aliphatic heterocycles. The summed E-state index contributed by atoms with van der Waals surface area (Å²) < 4.78 is 5.01. The number of rotatable bonds is 5. The van der Waals surface area contributed by atoms with Crippen molar-refractivity contribution in [1.82, 2.24) is 5.32 Å². The van der Waals surface area contributed by atoms with Gasteiger partial charge in [-0.3, -0.25) is 10.1 Å². The molecule has 1 aromatic carbocycles. The molecule has 94 valence electrons. The summed E-state index contributed by atoms with van der Waals surface area (Å²) in [5.41, 5.74) is 1.74. The maximum absolute atomic E-state index is 11.7. The molecule has 0 saturated carbocycles. The number of carbonyl (C=O) groups is 1. The number of hydrogen-bond acceptors (Lipinski definition) is 3. The van der Waals surface area contributed by atoms with Crippen LogP contribution in [0.1, 0.15) is 31.9 Å². The Hall–Kier alpha value is -1.35. The average Bonchev–Trinajstić information content (AvgIpc) is 2.29. The second kappa shape index (κ2) is 5.82. The average molecular weight is 235 g/mol. The molecule has 1 aromatic rings. The van der Waals surface area contributed by atoms with Crippen molar-refractivity contribution < 1.29 is 9.53 Å². The van der Waals surface area contributed by atoms with E-state index in [9.17, 15) is 4.79 Å². The van der Waals surface area contributed by atoms with Crippen LogP contribution in [-0.2, 0) is 16.1 Å². The first-order chi connectivity index (χ1) is 7.95. The number of nitrogens with one attached hydrogen (secondary N) is 1. The minimum Gasteiger partial charge on any atom is -0.465 e. The van der Waals surface area contributed by atoms with Gasteiger partial charge in [-0.05, 0) is 33.3 Å². The van der Waals surface area contributed by atoms with Gasteiger partial charge in [0.25, 0.3) is 0 Å². The topological polar surface area (TPSA) is 38.3 Å². The zero-order valence-electron chi connectivity index (χ0n) is 11.0. The van der Waals surface area contributed by atoms with Gasteiger partial charge in [-0.15, -0.1) is 0 Å². The molecule has 0 bridgehead atoms. The SMILES string of the molecule is CCOC(=O)C(C)(C)NCc1ccc(C)cc1. The van der Waals surface area contributed by atoms with E-state index in [1.165, 1.54) is 5.56 Å². The Morgan fingerprint density at radius 3 is 2.41 bits per heavy atom. The predicted molar refractivity (Wildman–Crippen MR) is 68.7 cm³/mol. The molecule has 0 unspecified atom stereocenters. The maximum atomic E-state index is 11.7. The summed E-state index contributed by atoms with van der Waals surface area (Å²) in [4.78, 5) is 11.7. The number of ether oxygens (including phenoxy) is 1. The highest BCUT2D eigenvalue weighted by Crippen LogP contribution is 2.08. The van der Waals surface area contributed by atoms with Crippen LogP contribution in [-0.4, -0.2) is 18.1 Å². The lowest BCUT2D eigenvalue weighted by Crippen LogP contribution is -2.47. The van der Waals surface area contributed by atoms with E-state index < -0.39 is 5.54 Å². The predicted octanol–water partition coefficient (Wildman–Crippen LogP) is 2.43. The Labute approximate surface area is 103 Å². The highest BCUT2D eigenvalue weighted by atomic mass is 16.5. The highest BCUT2D eigenvalue weighted by molar-refractivity contribution is 5.79. The summed E-state index contributed by atoms with van der Waals surface area (Å²) >= 11 is 0. The van der Waals surface area contributed by atoms with Crippen LogP contribution in [0.15, 0.2) is 24.3 Å². The molecule has 17 heavy (non-hydrogen) atoms. The highest BCUT2D eigenvalue weighted by Gasteiger charge is 2.28. The van der Waals surface area contributed by atoms with E-state index in [0.717, 1.165) is 5.56 Å². The summed E-state index contributed by atoms with van der Waals surface area (Å²) in [6.07, 6.45) is 0. The quantitative estimate of drug-likeness (QED) is 0.797. The molecular weight excluding hydrogens is 214 g/mol. The third-order valence-corrected chi connectivity index (χ3v) is 2.64. The Bertz CT molecular complexity index is 368. The minimum absolute atomic E-state index is 0.216. The molecule has 3 nitrogen and oxygen atoms in total. The Morgan fingerprint density at radius 1 is 1.29 bits per heavy atom. The van der Waals surface area contributed by atoms with Crippen molar-refractivity contribution in [3.8, 4) is 0 Å². The third kappa shape index (κ3) is 4.19. The maximum Gasteiger partial charge on any atom is 0.325 e. The minimum atomic E-state index is -0.652. The van der Waals surface area contributed by atoms with Crippen molar-refractivity contribution in [3.63, 3.8) is 0 Å². The fourth-order valence-corrected chi connectivity index (χ4v) is 1.41. The second-order valence-corrected chi connectivity index (χ2v) is 4.68. The third-order valence-electron chi connectivity index (χ3n) is 2.64. The van der Waals surface area contributed by atoms with Gasteiger partial charge in [0.2, 0.25) is 0 Å². The number of esters is 1. The lowest BCUT2D eigenvalue weighted by molar-refractivity contribution is -0.149. The van der Waals surface area contributed by atoms with E-state index in [1.807, 2.05) is 20.8 Å². The van der Waals surface area contributed by atoms with Crippen molar-refractivity contribution in [2.75, 3.05) is 6.61 Å². The van der Waals surface area contributed by atoms with Gasteiger partial charge in [-0.1, -0.05) is 29.8 Å². The van der Waals surface area contributed by atoms with E-state index in [0.29, 0.717) is 13.2 Å². The van der Waals surface area contributed by atoms with Crippen LogP contribution in [0.4, 0.5) is 0 Å². The van der Waals surface area contributed by atoms with Gasteiger partial charge in [0.15, 0.2) is 0 Å². The monoisotopic (exact) mass is 235 g/mol. The van der Waals surface area contributed by atoms with Crippen LogP contribution in [0.3, 0.4) is 0 Å². The first-order valence-electron chi connectivity index (χ1n) is 5.93. The van der Waals surface area contributed by atoms with Crippen LogP contribution in [0.25, 0.3) is 0 Å². The van der Waals surface area contributed by atoms with Gasteiger partial charge in [-0.2, -0.15) is 0 Å². The number of benzene rings is 1. The van der Waals surface area contributed by atoms with Crippen LogP contribution >= 0.6 is 0 Å². The molecule has 0 aliphatic carbocycles. The largest absolute Gasteiger partial charge is 0.465 e. The second-order valence-electron chi connectivity index (χ2n) is 4.68. The zero-order valence-corrected chi connectivity index (χ0v) is 11.0. The van der Waals surface area contributed by atoms with Crippen LogP contribution in [0.5, 0.6) is 0 Å². The van der Waals surface area contributed by atoms with Gasteiger partial charge in [0.1, 0.15) is 5.54 Å². The van der Waals surface area contributed by atoms with Crippen LogP contribution in [0, 0.1) is 6.92 Å². The molecule has 0 fully saturated rings. The standard InChI is InChI=1S/C14H21NO2/c1-5-17-13(16)14(3,4)15-10-12-8-6-11(2)7-9-12/h6-9,15H,5,10H2,1-4H3. The molecule has 0 radical (unpaired) electrons. The molecule has 0 saturated heterocycles. The molecule has 0 aromatic heterocycles. The zero-order chi connectivity index (χ0) is 12.9. The molecular formula is C14H21NO2. The van der Waals surface area contributed by atoms with Crippen molar-refractivity contribution in [1.29, 1.82) is 0 Å². The van der Waals surface area contributed by atoms with Crippen LogP contribution in [0.2, 0.25) is 0 Å². The summed E-state index contributed by atoms with van der Waals surface area (Å²) in [6.45, 7) is 8.60. The van der Waals surface area contributed by atoms with Gasteiger partial charge < -0.3 is 4.74 Å². The number of aryl methyl sites for hydroxylation is 1.